The van der Waals surface area contributed by atoms with Crippen LogP contribution in [-0.4, -0.2) is 35.1 Å². The van der Waals surface area contributed by atoms with Crippen LogP contribution in [0.5, 0.6) is 5.88 Å². The Kier molecular flexibility index (Phi) is 5.85. The number of pyridine rings is 2. The van der Waals surface area contributed by atoms with Crippen LogP contribution in [0, 0.1) is 5.82 Å². The summed E-state index contributed by atoms with van der Waals surface area (Å²) in [5.74, 6) is -0.513. The standard InChI is InChI=1S/C22H25FN6O2/c1-31-22-12-8-9-17(29-21-13(20(25)30)5-4-10-26-21)19(18(12)14(23)11-27-22)28-16-7-3-2-6-15(16)24/h4-5,8-11,15-16,28H,2-3,6-7,24H2,1H3,(H2,25,30)(H,26,29). The molecule has 162 valence electrons. The minimum Gasteiger partial charge on any atom is -0.481 e. The number of halogens is 1. The lowest BCUT2D eigenvalue weighted by molar-refractivity contribution is 0.100. The molecular formula is C22H25FN6O2. The molecule has 0 saturated heterocycles. The number of benzene rings is 1. The van der Waals surface area contributed by atoms with Crippen molar-refractivity contribution in [3.63, 3.8) is 0 Å². The number of carbonyl (C=O) groups is 1. The monoisotopic (exact) mass is 424 g/mol. The second-order valence-electron chi connectivity index (χ2n) is 7.61. The normalized spacial score (nSPS) is 18.5. The molecule has 3 aromatic rings. The zero-order valence-electron chi connectivity index (χ0n) is 17.2. The predicted octanol–water partition coefficient (Wildman–Crippen LogP) is 3.30. The first-order valence-corrected chi connectivity index (χ1v) is 10.2. The molecular weight excluding hydrogens is 399 g/mol. The number of carbonyl (C=O) groups excluding carboxylic acids is 1. The minimum atomic E-state index is -0.614. The van der Waals surface area contributed by atoms with Crippen molar-refractivity contribution < 1.29 is 13.9 Å². The Morgan fingerprint density at radius 1 is 1.23 bits per heavy atom. The van der Waals surface area contributed by atoms with Crippen LogP contribution in [0.25, 0.3) is 10.8 Å². The van der Waals surface area contributed by atoms with Crippen LogP contribution in [0.4, 0.5) is 21.6 Å². The van der Waals surface area contributed by atoms with Gasteiger partial charge in [0.05, 0.1) is 30.2 Å². The maximum absolute atomic E-state index is 15.0. The van der Waals surface area contributed by atoms with Gasteiger partial charge in [-0.1, -0.05) is 12.8 Å². The fourth-order valence-corrected chi connectivity index (χ4v) is 4.05. The van der Waals surface area contributed by atoms with E-state index in [1.807, 2.05) is 0 Å². The number of rotatable bonds is 6. The van der Waals surface area contributed by atoms with Gasteiger partial charge in [-0.25, -0.2) is 14.4 Å². The number of primary amides is 1. The Hall–Kier alpha value is -3.46. The number of nitrogens with two attached hydrogens (primary N) is 2. The van der Waals surface area contributed by atoms with E-state index in [0.29, 0.717) is 28.0 Å². The highest BCUT2D eigenvalue weighted by atomic mass is 19.1. The maximum atomic E-state index is 15.0. The summed E-state index contributed by atoms with van der Waals surface area (Å²) >= 11 is 0. The van der Waals surface area contributed by atoms with Crippen molar-refractivity contribution in [2.24, 2.45) is 11.5 Å². The summed E-state index contributed by atoms with van der Waals surface area (Å²) in [5.41, 5.74) is 13.1. The first kappa shape index (κ1) is 20.8. The molecule has 1 saturated carbocycles. The van der Waals surface area contributed by atoms with Crippen LogP contribution in [0.2, 0.25) is 0 Å². The summed E-state index contributed by atoms with van der Waals surface area (Å²) in [6.07, 6.45) is 6.56. The summed E-state index contributed by atoms with van der Waals surface area (Å²) in [7, 11) is 1.49. The van der Waals surface area contributed by atoms with Crippen LogP contribution >= 0.6 is 0 Å². The van der Waals surface area contributed by atoms with E-state index in [0.717, 1.165) is 31.9 Å². The van der Waals surface area contributed by atoms with Crippen molar-refractivity contribution in [3.8, 4) is 5.88 Å². The quantitative estimate of drug-likeness (QED) is 0.478. The number of anilines is 3. The van der Waals surface area contributed by atoms with Crippen molar-refractivity contribution in [1.29, 1.82) is 0 Å². The van der Waals surface area contributed by atoms with Gasteiger partial charge in [-0.15, -0.1) is 0 Å². The molecule has 2 unspecified atom stereocenters. The molecule has 2 aromatic heterocycles. The van der Waals surface area contributed by atoms with E-state index in [1.54, 1.807) is 30.5 Å². The number of hydrogen-bond donors (Lipinski definition) is 4. The van der Waals surface area contributed by atoms with Crippen molar-refractivity contribution >= 4 is 33.9 Å². The molecule has 9 heteroatoms. The van der Waals surface area contributed by atoms with E-state index < -0.39 is 11.7 Å². The molecule has 0 bridgehead atoms. The molecule has 4 rings (SSSR count). The molecule has 6 N–H and O–H groups in total. The van der Waals surface area contributed by atoms with Crippen molar-refractivity contribution in [3.05, 3.63) is 48.0 Å². The zero-order valence-corrected chi connectivity index (χ0v) is 17.2. The third-order valence-corrected chi connectivity index (χ3v) is 5.64. The van der Waals surface area contributed by atoms with Crippen molar-refractivity contribution in [2.45, 2.75) is 37.8 Å². The molecule has 2 atom stereocenters. The summed E-state index contributed by atoms with van der Waals surface area (Å²) in [6, 6.07) is 6.60. The second-order valence-corrected chi connectivity index (χ2v) is 7.61. The van der Waals surface area contributed by atoms with Gasteiger partial charge in [-0.3, -0.25) is 4.79 Å². The van der Waals surface area contributed by atoms with Gasteiger partial charge in [0.15, 0.2) is 5.82 Å². The molecule has 1 aromatic carbocycles. The van der Waals surface area contributed by atoms with E-state index in [9.17, 15) is 4.79 Å². The van der Waals surface area contributed by atoms with Gasteiger partial charge in [-0.2, -0.15) is 0 Å². The number of methoxy groups -OCH3 is 1. The molecule has 0 spiro atoms. The highest BCUT2D eigenvalue weighted by Crippen LogP contribution is 2.39. The average molecular weight is 424 g/mol. The van der Waals surface area contributed by atoms with E-state index in [2.05, 4.69) is 20.6 Å². The molecule has 1 aliphatic carbocycles. The number of nitrogens with one attached hydrogen (secondary N) is 2. The van der Waals surface area contributed by atoms with Crippen molar-refractivity contribution in [2.75, 3.05) is 17.7 Å². The summed E-state index contributed by atoms with van der Waals surface area (Å²) < 4.78 is 20.4. The summed E-state index contributed by atoms with van der Waals surface area (Å²) in [6.45, 7) is 0. The Morgan fingerprint density at radius 3 is 2.77 bits per heavy atom. The summed E-state index contributed by atoms with van der Waals surface area (Å²) in [5, 5.41) is 7.44. The number of nitrogens with zero attached hydrogens (tertiary/aromatic N) is 2. The van der Waals surface area contributed by atoms with Gasteiger partial charge in [0, 0.05) is 29.1 Å². The lowest BCUT2D eigenvalue weighted by Gasteiger charge is -2.31. The highest BCUT2D eigenvalue weighted by Gasteiger charge is 2.25. The van der Waals surface area contributed by atoms with Gasteiger partial charge in [0.2, 0.25) is 5.88 Å². The largest absolute Gasteiger partial charge is 0.481 e. The predicted molar refractivity (Wildman–Crippen MR) is 118 cm³/mol. The Morgan fingerprint density at radius 2 is 2.03 bits per heavy atom. The molecule has 0 radical (unpaired) electrons. The summed E-state index contributed by atoms with van der Waals surface area (Å²) in [4.78, 5) is 20.1. The van der Waals surface area contributed by atoms with Gasteiger partial charge in [0.25, 0.3) is 5.91 Å². The van der Waals surface area contributed by atoms with Crippen molar-refractivity contribution in [1.82, 2.24) is 9.97 Å². The van der Waals surface area contributed by atoms with Crippen LogP contribution < -0.4 is 26.8 Å². The Labute approximate surface area is 179 Å². The number of ether oxygens (including phenoxy) is 1. The molecule has 31 heavy (non-hydrogen) atoms. The van der Waals surface area contributed by atoms with Crippen LogP contribution in [0.3, 0.4) is 0 Å². The third-order valence-electron chi connectivity index (χ3n) is 5.64. The number of fused-ring (bicyclic) bond motifs is 1. The van der Waals surface area contributed by atoms with Crippen LogP contribution in [0.15, 0.2) is 36.7 Å². The van der Waals surface area contributed by atoms with Gasteiger partial charge >= 0.3 is 0 Å². The molecule has 1 aliphatic rings. The first-order valence-electron chi connectivity index (χ1n) is 10.2. The van der Waals surface area contributed by atoms with Gasteiger partial charge in [-0.05, 0) is 37.1 Å². The van der Waals surface area contributed by atoms with Gasteiger partial charge < -0.3 is 26.8 Å². The van der Waals surface area contributed by atoms with E-state index in [-0.39, 0.29) is 23.5 Å². The minimum absolute atomic E-state index is 0.0298. The van der Waals surface area contributed by atoms with Gasteiger partial charge in [0.1, 0.15) is 5.82 Å². The number of aromatic nitrogens is 2. The highest BCUT2D eigenvalue weighted by molar-refractivity contribution is 6.04. The molecule has 1 fully saturated rings. The second kappa shape index (κ2) is 8.73. The maximum Gasteiger partial charge on any atom is 0.252 e. The SMILES string of the molecule is COc1ncc(F)c2c(NC3CCCCC3N)c(Nc3ncccc3C(N)=O)ccc12. The molecule has 1 amide bonds. The Balaban J connectivity index is 1.86. The molecule has 0 aliphatic heterocycles. The molecule has 8 nitrogen and oxygen atoms in total. The fraction of sp³-hybridized carbons (Fsp3) is 0.318. The van der Waals surface area contributed by atoms with Crippen LogP contribution in [-0.2, 0) is 0 Å². The Bertz CT molecular complexity index is 1120. The van der Waals surface area contributed by atoms with E-state index >= 15 is 4.39 Å². The first-order chi connectivity index (χ1) is 15.0. The topological polar surface area (TPSA) is 128 Å². The lowest BCUT2D eigenvalue weighted by Crippen LogP contribution is -2.42. The third kappa shape index (κ3) is 4.09. The fourth-order valence-electron chi connectivity index (χ4n) is 4.05. The lowest BCUT2D eigenvalue weighted by atomic mass is 9.90. The number of amides is 1. The van der Waals surface area contributed by atoms with E-state index in [1.165, 1.54) is 7.11 Å². The number of hydrogen-bond acceptors (Lipinski definition) is 7. The zero-order chi connectivity index (χ0) is 22.0. The average Bonchev–Trinajstić information content (AvgIpc) is 2.77. The molecule has 2 heterocycles. The smallest absolute Gasteiger partial charge is 0.252 e. The van der Waals surface area contributed by atoms with Crippen LogP contribution in [0.1, 0.15) is 36.0 Å². The van der Waals surface area contributed by atoms with E-state index in [4.69, 9.17) is 16.2 Å².